The van der Waals surface area contributed by atoms with Crippen LogP contribution in [0.4, 0.5) is 14.5 Å². The Morgan fingerprint density at radius 3 is 2.59 bits per heavy atom. The number of hydrogen-bond acceptors (Lipinski definition) is 3. The molecule has 0 fully saturated rings. The van der Waals surface area contributed by atoms with Gasteiger partial charge in [-0.25, -0.2) is 13.8 Å². The fraction of sp³-hybridized carbons (Fsp3) is 0.0952. The average molecular weight is 365 g/mol. The molecular formula is C21H13F2NO3. The molecule has 0 aromatic heterocycles. The van der Waals surface area contributed by atoms with Crippen molar-refractivity contribution in [1.29, 1.82) is 0 Å². The van der Waals surface area contributed by atoms with E-state index in [0.29, 0.717) is 5.39 Å². The highest BCUT2D eigenvalue weighted by molar-refractivity contribution is 6.33. The summed E-state index contributed by atoms with van der Waals surface area (Å²) in [5.41, 5.74) is 0.803. The number of Topliss-reactive ketones (excluding diaryl/α,β-unsaturated/α-hetero) is 1. The number of rotatable bonds is 2. The molecule has 1 atom stereocenters. The molecule has 1 aliphatic rings. The van der Waals surface area contributed by atoms with Crippen molar-refractivity contribution in [1.82, 2.24) is 0 Å². The number of ketones is 1. The lowest BCUT2D eigenvalue weighted by Gasteiger charge is -2.22. The summed E-state index contributed by atoms with van der Waals surface area (Å²) < 4.78 is 28.0. The quantitative estimate of drug-likeness (QED) is 0.683. The van der Waals surface area contributed by atoms with Crippen LogP contribution < -0.4 is 0 Å². The van der Waals surface area contributed by atoms with Crippen LogP contribution in [0, 0.1) is 24.5 Å². The first-order valence-electron chi connectivity index (χ1n) is 8.22. The zero-order valence-corrected chi connectivity index (χ0v) is 14.2. The van der Waals surface area contributed by atoms with Crippen LogP contribution in [0.2, 0.25) is 0 Å². The maximum atomic E-state index is 14.3. The number of halogens is 2. The van der Waals surface area contributed by atoms with Gasteiger partial charge in [0, 0.05) is 16.5 Å². The van der Waals surface area contributed by atoms with Crippen LogP contribution in [0.3, 0.4) is 0 Å². The van der Waals surface area contributed by atoms with Gasteiger partial charge in [-0.1, -0.05) is 35.9 Å². The fourth-order valence-corrected chi connectivity index (χ4v) is 3.36. The second-order valence-electron chi connectivity index (χ2n) is 6.42. The molecule has 1 unspecified atom stereocenters. The lowest BCUT2D eigenvalue weighted by Crippen LogP contribution is -2.35. The van der Waals surface area contributed by atoms with Crippen LogP contribution in [0.1, 0.15) is 21.5 Å². The van der Waals surface area contributed by atoms with Gasteiger partial charge in [-0.15, -0.1) is 0 Å². The number of aryl methyl sites for hydroxylation is 1. The molecule has 0 saturated carbocycles. The number of aliphatic carboxylic acids is 1. The zero-order valence-electron chi connectivity index (χ0n) is 14.2. The molecule has 0 amide bonds. The Bertz CT molecular complexity index is 1170. The molecule has 0 aliphatic carbocycles. The largest absolute Gasteiger partial charge is 0.480 e. The van der Waals surface area contributed by atoms with Gasteiger partial charge < -0.3 is 5.11 Å². The van der Waals surface area contributed by atoms with Gasteiger partial charge in [0.2, 0.25) is 0 Å². The van der Waals surface area contributed by atoms with Gasteiger partial charge in [-0.05, 0) is 30.5 Å². The van der Waals surface area contributed by atoms with Crippen molar-refractivity contribution in [3.05, 3.63) is 76.9 Å². The predicted molar refractivity (Wildman–Crippen MR) is 96.7 cm³/mol. The third-order valence-corrected chi connectivity index (χ3v) is 4.65. The summed E-state index contributed by atoms with van der Waals surface area (Å²) in [7, 11) is 0. The molecular weight excluding hydrogens is 352 g/mol. The maximum Gasteiger partial charge on any atom is 0.320 e. The van der Waals surface area contributed by atoms with Crippen molar-refractivity contribution < 1.29 is 23.5 Å². The normalized spacial score (nSPS) is 16.2. The summed E-state index contributed by atoms with van der Waals surface area (Å²) in [6.45, 7) is 1.92. The van der Waals surface area contributed by atoms with Gasteiger partial charge in [-0.2, -0.15) is 0 Å². The Kier molecular flexibility index (Phi) is 3.84. The highest BCUT2D eigenvalue weighted by atomic mass is 19.2. The van der Waals surface area contributed by atoms with Crippen LogP contribution in [0.15, 0.2) is 53.5 Å². The maximum absolute atomic E-state index is 14.3. The SMILES string of the molecule is Cc1ccc2c3c(ccc2c1)C(=O)C(C(=O)O)C(c1cccc(F)c1F)=N3. The summed E-state index contributed by atoms with van der Waals surface area (Å²) >= 11 is 0. The van der Waals surface area contributed by atoms with Crippen molar-refractivity contribution in [3.63, 3.8) is 0 Å². The number of nitrogens with zero attached hydrogens (tertiary/aromatic N) is 1. The third kappa shape index (κ3) is 2.61. The number of carbonyl (C=O) groups is 2. The van der Waals surface area contributed by atoms with E-state index in [9.17, 15) is 23.5 Å². The molecule has 1 heterocycles. The molecule has 134 valence electrons. The van der Waals surface area contributed by atoms with Crippen LogP contribution >= 0.6 is 0 Å². The molecule has 0 radical (unpaired) electrons. The minimum absolute atomic E-state index is 0.152. The third-order valence-electron chi connectivity index (χ3n) is 4.65. The van der Waals surface area contributed by atoms with Crippen LogP contribution in [0.25, 0.3) is 10.8 Å². The van der Waals surface area contributed by atoms with Crippen molar-refractivity contribution >= 4 is 33.9 Å². The van der Waals surface area contributed by atoms with Gasteiger partial charge in [0.15, 0.2) is 23.3 Å². The lowest BCUT2D eigenvalue weighted by molar-refractivity contribution is -0.137. The summed E-state index contributed by atoms with van der Waals surface area (Å²) in [6, 6.07) is 12.2. The summed E-state index contributed by atoms with van der Waals surface area (Å²) in [5, 5.41) is 11.0. The summed E-state index contributed by atoms with van der Waals surface area (Å²) in [4.78, 5) is 29.0. The Labute approximate surface area is 152 Å². The van der Waals surface area contributed by atoms with E-state index in [4.69, 9.17) is 0 Å². The number of fused-ring (bicyclic) bond motifs is 3. The molecule has 4 nitrogen and oxygen atoms in total. The average Bonchev–Trinajstić information content (AvgIpc) is 2.63. The van der Waals surface area contributed by atoms with E-state index < -0.39 is 29.3 Å². The molecule has 0 bridgehead atoms. The number of hydrogen-bond donors (Lipinski definition) is 1. The molecule has 3 aromatic rings. The van der Waals surface area contributed by atoms with Crippen molar-refractivity contribution in [2.75, 3.05) is 0 Å². The first-order chi connectivity index (χ1) is 12.9. The van der Waals surface area contributed by atoms with Crippen molar-refractivity contribution in [3.8, 4) is 0 Å². The minimum Gasteiger partial charge on any atom is -0.480 e. The molecule has 6 heteroatoms. The number of carboxylic acid groups (broad SMARTS) is 1. The van der Waals surface area contributed by atoms with E-state index in [-0.39, 0.29) is 22.5 Å². The monoisotopic (exact) mass is 365 g/mol. The smallest absolute Gasteiger partial charge is 0.320 e. The molecule has 1 N–H and O–H groups in total. The van der Waals surface area contributed by atoms with Crippen molar-refractivity contribution in [2.24, 2.45) is 10.9 Å². The van der Waals surface area contributed by atoms with E-state index in [1.807, 2.05) is 19.1 Å². The summed E-state index contributed by atoms with van der Waals surface area (Å²) in [5.74, 6) is -6.22. The fourth-order valence-electron chi connectivity index (χ4n) is 3.36. The van der Waals surface area contributed by atoms with Gasteiger partial charge in [0.05, 0.1) is 11.4 Å². The highest BCUT2D eigenvalue weighted by Crippen LogP contribution is 2.38. The lowest BCUT2D eigenvalue weighted by atomic mass is 9.84. The topological polar surface area (TPSA) is 66.7 Å². The molecule has 3 aromatic carbocycles. The van der Waals surface area contributed by atoms with Gasteiger partial charge in [-0.3, -0.25) is 9.59 Å². The van der Waals surface area contributed by atoms with E-state index in [2.05, 4.69) is 4.99 Å². The first kappa shape index (κ1) is 17.0. The Hall–Kier alpha value is -3.41. The first-order valence-corrected chi connectivity index (χ1v) is 8.22. The minimum atomic E-state index is -1.70. The second kappa shape index (κ2) is 6.09. The number of carbonyl (C=O) groups excluding carboxylic acids is 1. The van der Waals surface area contributed by atoms with Crippen molar-refractivity contribution in [2.45, 2.75) is 6.92 Å². The van der Waals surface area contributed by atoms with Gasteiger partial charge >= 0.3 is 5.97 Å². The zero-order chi connectivity index (χ0) is 19.3. The molecule has 27 heavy (non-hydrogen) atoms. The molecule has 4 rings (SSSR count). The van der Waals surface area contributed by atoms with Crippen LogP contribution in [-0.2, 0) is 4.79 Å². The van der Waals surface area contributed by atoms with E-state index in [1.54, 1.807) is 12.1 Å². The molecule has 1 aliphatic heterocycles. The Morgan fingerprint density at radius 2 is 1.85 bits per heavy atom. The van der Waals surface area contributed by atoms with Crippen LogP contribution in [0.5, 0.6) is 0 Å². The van der Waals surface area contributed by atoms with Gasteiger partial charge in [0.1, 0.15) is 0 Å². The molecule has 0 spiro atoms. The van der Waals surface area contributed by atoms with Gasteiger partial charge in [0.25, 0.3) is 0 Å². The van der Waals surface area contributed by atoms with E-state index in [0.717, 1.165) is 17.0 Å². The second-order valence-corrected chi connectivity index (χ2v) is 6.42. The van der Waals surface area contributed by atoms with E-state index >= 15 is 0 Å². The molecule has 0 saturated heterocycles. The Balaban J connectivity index is 2.06. The predicted octanol–water partition coefficient (Wildman–Crippen LogP) is 4.44. The number of carboxylic acids is 1. The number of aliphatic imine (C=N–C) groups is 1. The Morgan fingerprint density at radius 1 is 1.07 bits per heavy atom. The van der Waals surface area contributed by atoms with E-state index in [1.165, 1.54) is 18.2 Å². The highest BCUT2D eigenvalue weighted by Gasteiger charge is 2.39. The standard InChI is InChI=1S/C21H13F2NO3/c1-10-5-7-12-11(9-10)6-8-14-18(12)24-19(16(20(14)25)21(26)27)13-3-2-4-15(22)17(13)23/h2-9,16H,1H3,(H,26,27). The van der Waals surface area contributed by atoms with Crippen LogP contribution in [-0.4, -0.2) is 22.6 Å². The summed E-state index contributed by atoms with van der Waals surface area (Å²) in [6.07, 6.45) is 0. The number of benzene rings is 3.